The maximum atomic E-state index is 10.8. The summed E-state index contributed by atoms with van der Waals surface area (Å²) in [5.74, 6) is 0. The second kappa shape index (κ2) is 5.25. The minimum absolute atomic E-state index is 0.163. The molecule has 1 aromatic rings. The van der Waals surface area contributed by atoms with E-state index in [0.29, 0.717) is 12.2 Å². The molecular weight excluding hydrogens is 220 g/mol. The van der Waals surface area contributed by atoms with Gasteiger partial charge in [0.25, 0.3) is 5.69 Å². The molecule has 1 fully saturated rings. The number of benzene rings is 1. The number of rotatable bonds is 4. The fourth-order valence-corrected chi connectivity index (χ4v) is 2.00. The lowest BCUT2D eigenvalue weighted by molar-refractivity contribution is -0.385. The van der Waals surface area contributed by atoms with Crippen molar-refractivity contribution < 1.29 is 9.66 Å². The van der Waals surface area contributed by atoms with Crippen LogP contribution < -0.4 is 5.32 Å². The van der Waals surface area contributed by atoms with Gasteiger partial charge in [-0.3, -0.25) is 10.1 Å². The van der Waals surface area contributed by atoms with Crippen LogP contribution in [-0.2, 0) is 11.3 Å². The van der Waals surface area contributed by atoms with Gasteiger partial charge in [0, 0.05) is 18.2 Å². The van der Waals surface area contributed by atoms with Gasteiger partial charge in [0.05, 0.1) is 17.6 Å². The van der Waals surface area contributed by atoms with Crippen LogP contribution in [0.2, 0.25) is 0 Å². The molecule has 0 spiro atoms. The zero-order chi connectivity index (χ0) is 12.3. The Kier molecular flexibility index (Phi) is 3.71. The van der Waals surface area contributed by atoms with E-state index in [1.54, 1.807) is 13.0 Å². The van der Waals surface area contributed by atoms with Crippen LogP contribution in [0.5, 0.6) is 0 Å². The third-order valence-electron chi connectivity index (χ3n) is 3.10. The monoisotopic (exact) mass is 236 g/mol. The summed E-state index contributed by atoms with van der Waals surface area (Å²) in [6, 6.07) is 5.11. The van der Waals surface area contributed by atoms with Crippen LogP contribution >= 0.6 is 0 Å². The molecule has 5 heteroatoms. The fourth-order valence-electron chi connectivity index (χ4n) is 2.00. The molecule has 0 radical (unpaired) electrons. The van der Waals surface area contributed by atoms with Crippen molar-refractivity contribution in [1.82, 2.24) is 5.32 Å². The minimum Gasteiger partial charge on any atom is -0.372 e. The Labute approximate surface area is 99.9 Å². The Morgan fingerprint density at radius 1 is 1.59 bits per heavy atom. The molecule has 92 valence electrons. The average molecular weight is 236 g/mol. The van der Waals surface area contributed by atoms with E-state index >= 15 is 0 Å². The SMILES string of the molecule is Cc1c(COC2CCNC2)cccc1[N+](=O)[O-]. The Balaban J connectivity index is 2.04. The molecule has 1 aliphatic heterocycles. The number of ether oxygens (including phenoxy) is 1. The Hall–Kier alpha value is -1.46. The molecule has 17 heavy (non-hydrogen) atoms. The summed E-state index contributed by atoms with van der Waals surface area (Å²) >= 11 is 0. The number of nitro groups is 1. The van der Waals surface area contributed by atoms with Crippen molar-refractivity contribution in [2.45, 2.75) is 26.1 Å². The molecule has 0 aliphatic carbocycles. The zero-order valence-electron chi connectivity index (χ0n) is 9.81. The number of hydrogen-bond acceptors (Lipinski definition) is 4. The van der Waals surface area contributed by atoms with Crippen LogP contribution in [0, 0.1) is 17.0 Å². The Morgan fingerprint density at radius 2 is 2.41 bits per heavy atom. The first-order valence-corrected chi connectivity index (χ1v) is 5.73. The summed E-state index contributed by atoms with van der Waals surface area (Å²) in [6.45, 7) is 4.07. The molecule has 1 aromatic carbocycles. The summed E-state index contributed by atoms with van der Waals surface area (Å²) in [5.41, 5.74) is 1.75. The van der Waals surface area contributed by atoms with Crippen LogP contribution in [0.25, 0.3) is 0 Å². The first kappa shape index (κ1) is 12.0. The molecule has 0 aromatic heterocycles. The lowest BCUT2D eigenvalue weighted by Crippen LogP contribution is -2.16. The predicted octanol–water partition coefficient (Wildman–Crippen LogP) is 1.78. The van der Waals surface area contributed by atoms with Gasteiger partial charge in [-0.1, -0.05) is 12.1 Å². The summed E-state index contributed by atoms with van der Waals surface area (Å²) in [4.78, 5) is 10.4. The highest BCUT2D eigenvalue weighted by Crippen LogP contribution is 2.22. The van der Waals surface area contributed by atoms with Crippen LogP contribution in [0.1, 0.15) is 17.5 Å². The Bertz CT molecular complexity index is 414. The van der Waals surface area contributed by atoms with Crippen molar-refractivity contribution in [2.75, 3.05) is 13.1 Å². The minimum atomic E-state index is -0.351. The maximum absolute atomic E-state index is 10.8. The first-order chi connectivity index (χ1) is 8.18. The van der Waals surface area contributed by atoms with Crippen molar-refractivity contribution in [3.63, 3.8) is 0 Å². The van der Waals surface area contributed by atoms with Crippen molar-refractivity contribution >= 4 is 5.69 Å². The second-order valence-corrected chi connectivity index (χ2v) is 4.24. The van der Waals surface area contributed by atoms with Gasteiger partial charge in [0.1, 0.15) is 0 Å². The van der Waals surface area contributed by atoms with E-state index in [0.717, 1.165) is 25.1 Å². The van der Waals surface area contributed by atoms with E-state index in [2.05, 4.69) is 5.32 Å². The predicted molar refractivity (Wildman–Crippen MR) is 63.9 cm³/mol. The number of hydrogen-bond donors (Lipinski definition) is 1. The summed E-state index contributed by atoms with van der Waals surface area (Å²) < 4.78 is 5.72. The molecule has 1 heterocycles. The van der Waals surface area contributed by atoms with E-state index in [4.69, 9.17) is 4.74 Å². The van der Waals surface area contributed by atoms with E-state index in [1.165, 1.54) is 6.07 Å². The highest BCUT2D eigenvalue weighted by atomic mass is 16.6. The highest BCUT2D eigenvalue weighted by molar-refractivity contribution is 5.44. The van der Waals surface area contributed by atoms with Crippen molar-refractivity contribution in [2.24, 2.45) is 0 Å². The molecule has 0 amide bonds. The topological polar surface area (TPSA) is 64.4 Å². The summed E-state index contributed by atoms with van der Waals surface area (Å²) in [7, 11) is 0. The molecule has 1 unspecified atom stereocenters. The summed E-state index contributed by atoms with van der Waals surface area (Å²) in [6.07, 6.45) is 1.24. The van der Waals surface area contributed by atoms with E-state index in [1.807, 2.05) is 6.07 Å². The molecule has 2 rings (SSSR count). The van der Waals surface area contributed by atoms with Crippen LogP contribution in [0.3, 0.4) is 0 Å². The largest absolute Gasteiger partial charge is 0.372 e. The third kappa shape index (κ3) is 2.81. The number of nitrogens with one attached hydrogen (secondary N) is 1. The smallest absolute Gasteiger partial charge is 0.272 e. The molecule has 1 atom stereocenters. The van der Waals surface area contributed by atoms with E-state index in [9.17, 15) is 10.1 Å². The van der Waals surface area contributed by atoms with Crippen LogP contribution in [0.15, 0.2) is 18.2 Å². The first-order valence-electron chi connectivity index (χ1n) is 5.73. The molecular formula is C12H16N2O3. The zero-order valence-corrected chi connectivity index (χ0v) is 9.81. The Morgan fingerprint density at radius 3 is 3.06 bits per heavy atom. The van der Waals surface area contributed by atoms with Crippen molar-refractivity contribution in [1.29, 1.82) is 0 Å². The van der Waals surface area contributed by atoms with Crippen molar-refractivity contribution in [3.05, 3.63) is 39.4 Å². The fraction of sp³-hybridized carbons (Fsp3) is 0.500. The van der Waals surface area contributed by atoms with Gasteiger partial charge < -0.3 is 10.1 Å². The van der Waals surface area contributed by atoms with E-state index in [-0.39, 0.29) is 16.7 Å². The van der Waals surface area contributed by atoms with Crippen LogP contribution in [0.4, 0.5) is 5.69 Å². The van der Waals surface area contributed by atoms with Crippen LogP contribution in [-0.4, -0.2) is 24.1 Å². The highest BCUT2D eigenvalue weighted by Gasteiger charge is 2.17. The maximum Gasteiger partial charge on any atom is 0.272 e. The normalized spacial score (nSPS) is 19.5. The van der Waals surface area contributed by atoms with E-state index < -0.39 is 0 Å². The van der Waals surface area contributed by atoms with Crippen molar-refractivity contribution in [3.8, 4) is 0 Å². The summed E-state index contributed by atoms with van der Waals surface area (Å²) in [5, 5.41) is 14.0. The molecule has 1 aliphatic rings. The molecule has 1 N–H and O–H groups in total. The molecule has 0 bridgehead atoms. The molecule has 5 nitrogen and oxygen atoms in total. The van der Waals surface area contributed by atoms with Gasteiger partial charge in [-0.05, 0) is 25.5 Å². The standard InChI is InChI=1S/C12H16N2O3/c1-9-10(3-2-4-12(9)14(15)16)8-17-11-5-6-13-7-11/h2-4,11,13H,5-8H2,1H3. The average Bonchev–Trinajstić information content (AvgIpc) is 2.80. The molecule has 1 saturated heterocycles. The lowest BCUT2D eigenvalue weighted by atomic mass is 10.1. The second-order valence-electron chi connectivity index (χ2n) is 4.24. The van der Waals surface area contributed by atoms with Gasteiger partial charge in [0.15, 0.2) is 0 Å². The third-order valence-corrected chi connectivity index (χ3v) is 3.10. The van der Waals surface area contributed by atoms with Gasteiger partial charge in [-0.25, -0.2) is 0 Å². The number of nitro benzene ring substituents is 1. The van der Waals surface area contributed by atoms with Gasteiger partial charge >= 0.3 is 0 Å². The van der Waals surface area contributed by atoms with Gasteiger partial charge in [-0.15, -0.1) is 0 Å². The van der Waals surface area contributed by atoms with Gasteiger partial charge in [0.2, 0.25) is 0 Å². The quantitative estimate of drug-likeness (QED) is 0.639. The lowest BCUT2D eigenvalue weighted by Gasteiger charge is -2.12. The molecule has 0 saturated carbocycles. The van der Waals surface area contributed by atoms with Gasteiger partial charge in [-0.2, -0.15) is 0 Å². The number of nitrogens with zero attached hydrogens (tertiary/aromatic N) is 1.